The molecule has 0 aromatic heterocycles. The maximum Gasteiger partial charge on any atom is 0.171 e. The van der Waals surface area contributed by atoms with E-state index >= 15 is 0 Å². The molecule has 1 spiro atoms. The molecular weight excluding hydrogens is 404 g/mol. The summed E-state index contributed by atoms with van der Waals surface area (Å²) in [6.45, 7) is 9.46. The van der Waals surface area contributed by atoms with Crippen molar-refractivity contribution in [3.63, 3.8) is 0 Å². The Morgan fingerprint density at radius 2 is 1.66 bits per heavy atom. The zero-order valence-electron chi connectivity index (χ0n) is 20.4. The van der Waals surface area contributed by atoms with E-state index in [9.17, 15) is 15.3 Å². The lowest BCUT2D eigenvalue weighted by atomic mass is 9.43. The van der Waals surface area contributed by atoms with Gasteiger partial charge in [0.25, 0.3) is 0 Å². The van der Waals surface area contributed by atoms with Crippen LogP contribution in [0.5, 0.6) is 0 Å². The van der Waals surface area contributed by atoms with Crippen LogP contribution in [0.1, 0.15) is 85.5 Å². The van der Waals surface area contributed by atoms with Gasteiger partial charge >= 0.3 is 0 Å². The summed E-state index contributed by atoms with van der Waals surface area (Å²) in [5, 5.41) is 31.9. The fourth-order valence-electron chi connectivity index (χ4n) is 10.3. The van der Waals surface area contributed by atoms with E-state index in [0.717, 1.165) is 32.1 Å². The summed E-state index contributed by atoms with van der Waals surface area (Å²) in [5.74, 6) is 2.67. The van der Waals surface area contributed by atoms with Crippen LogP contribution in [0.2, 0.25) is 0 Å². The summed E-state index contributed by atoms with van der Waals surface area (Å²) < 4.78 is 13.1. The highest BCUT2D eigenvalue weighted by Gasteiger charge is 2.70. The van der Waals surface area contributed by atoms with Crippen LogP contribution in [0.4, 0.5) is 0 Å². The lowest BCUT2D eigenvalue weighted by molar-refractivity contribution is -0.294. The largest absolute Gasteiger partial charge is 0.393 e. The molecular formula is C27H44O5. The first-order valence-electron chi connectivity index (χ1n) is 13.4. The third-order valence-electron chi connectivity index (χ3n) is 12.0. The van der Waals surface area contributed by atoms with Gasteiger partial charge in [-0.2, -0.15) is 0 Å². The summed E-state index contributed by atoms with van der Waals surface area (Å²) in [6.07, 6.45) is 8.39. The molecule has 2 heterocycles. The number of aliphatic hydroxyl groups excluding tert-OH is 2. The van der Waals surface area contributed by atoms with E-state index in [-0.39, 0.29) is 29.1 Å². The first-order valence-corrected chi connectivity index (χ1v) is 13.4. The Morgan fingerprint density at radius 1 is 0.875 bits per heavy atom. The summed E-state index contributed by atoms with van der Waals surface area (Å²) in [5.41, 5.74) is -0.521. The van der Waals surface area contributed by atoms with Gasteiger partial charge in [-0.25, -0.2) is 0 Å². The summed E-state index contributed by atoms with van der Waals surface area (Å²) >= 11 is 0. The molecule has 5 nitrogen and oxygen atoms in total. The van der Waals surface area contributed by atoms with E-state index in [1.165, 1.54) is 19.3 Å². The number of hydrogen-bond donors (Lipinski definition) is 3. The highest BCUT2D eigenvalue weighted by atomic mass is 16.7. The Kier molecular flexibility index (Phi) is 4.83. The van der Waals surface area contributed by atoms with Crippen molar-refractivity contribution in [1.29, 1.82) is 0 Å². The molecule has 32 heavy (non-hydrogen) atoms. The average molecular weight is 449 g/mol. The smallest absolute Gasteiger partial charge is 0.171 e. The highest BCUT2D eigenvalue weighted by Crippen LogP contribution is 2.71. The van der Waals surface area contributed by atoms with E-state index in [4.69, 9.17) is 9.47 Å². The lowest BCUT2D eigenvalue weighted by Crippen LogP contribution is -2.59. The number of ether oxygens (including phenoxy) is 2. The van der Waals surface area contributed by atoms with E-state index in [2.05, 4.69) is 20.8 Å². The molecule has 13 unspecified atom stereocenters. The van der Waals surface area contributed by atoms with Crippen molar-refractivity contribution in [2.24, 2.45) is 46.3 Å². The Balaban J connectivity index is 1.26. The minimum absolute atomic E-state index is 0.0487. The third kappa shape index (κ3) is 2.81. The molecule has 13 atom stereocenters. The van der Waals surface area contributed by atoms with Crippen molar-refractivity contribution in [2.75, 3.05) is 6.61 Å². The number of hydrogen-bond acceptors (Lipinski definition) is 5. The normalized spacial score (nSPS) is 64.0. The van der Waals surface area contributed by atoms with Crippen LogP contribution in [0.25, 0.3) is 0 Å². The predicted octanol–water partition coefficient (Wildman–Crippen LogP) is 3.88. The molecule has 182 valence electrons. The second-order valence-electron chi connectivity index (χ2n) is 13.5. The first-order chi connectivity index (χ1) is 15.0. The van der Waals surface area contributed by atoms with Gasteiger partial charge in [0.2, 0.25) is 0 Å². The fourth-order valence-corrected chi connectivity index (χ4v) is 10.3. The molecule has 0 aromatic carbocycles. The molecule has 0 radical (unpaired) electrons. The Morgan fingerprint density at radius 3 is 2.38 bits per heavy atom. The Bertz CT molecular complexity index is 757. The van der Waals surface area contributed by atoms with Gasteiger partial charge in [0.1, 0.15) is 0 Å². The molecule has 6 fully saturated rings. The molecule has 0 amide bonds. The summed E-state index contributed by atoms with van der Waals surface area (Å²) in [4.78, 5) is 0. The molecule has 2 saturated heterocycles. The van der Waals surface area contributed by atoms with E-state index in [1.807, 2.05) is 6.92 Å². The maximum atomic E-state index is 11.2. The van der Waals surface area contributed by atoms with Crippen molar-refractivity contribution >= 4 is 0 Å². The third-order valence-corrected chi connectivity index (χ3v) is 12.0. The average Bonchev–Trinajstić information content (AvgIpc) is 3.17. The van der Waals surface area contributed by atoms with Crippen molar-refractivity contribution in [1.82, 2.24) is 0 Å². The summed E-state index contributed by atoms with van der Waals surface area (Å²) in [6, 6.07) is 0. The molecule has 4 saturated carbocycles. The van der Waals surface area contributed by atoms with Gasteiger partial charge in [0.15, 0.2) is 5.79 Å². The topological polar surface area (TPSA) is 79.2 Å². The molecule has 6 aliphatic rings. The SMILES string of the molecule is CC1C2C(CC3C4CCC5CC(O)CC(O)C5(C)C4CCC32C)OC12CCC(C)(O)CO2. The molecule has 2 aliphatic heterocycles. The minimum atomic E-state index is -0.737. The van der Waals surface area contributed by atoms with Crippen molar-refractivity contribution in [3.05, 3.63) is 0 Å². The molecule has 4 aliphatic carbocycles. The van der Waals surface area contributed by atoms with Crippen molar-refractivity contribution in [2.45, 2.75) is 115 Å². The van der Waals surface area contributed by atoms with Gasteiger partial charge in [-0.3, -0.25) is 0 Å². The quantitative estimate of drug-likeness (QED) is 0.524. The number of rotatable bonds is 0. The van der Waals surface area contributed by atoms with Gasteiger partial charge in [0.05, 0.1) is 30.5 Å². The maximum absolute atomic E-state index is 11.2. The van der Waals surface area contributed by atoms with Crippen LogP contribution < -0.4 is 0 Å². The van der Waals surface area contributed by atoms with Crippen LogP contribution in [0, 0.1) is 46.3 Å². The monoisotopic (exact) mass is 448 g/mol. The number of aliphatic hydroxyl groups is 3. The van der Waals surface area contributed by atoms with Crippen LogP contribution >= 0.6 is 0 Å². The second-order valence-corrected chi connectivity index (χ2v) is 13.5. The zero-order valence-corrected chi connectivity index (χ0v) is 20.4. The molecule has 6 rings (SSSR count). The Labute approximate surface area is 193 Å². The zero-order chi connectivity index (χ0) is 22.7. The number of fused-ring (bicyclic) bond motifs is 7. The van der Waals surface area contributed by atoms with Crippen molar-refractivity contribution in [3.8, 4) is 0 Å². The highest BCUT2D eigenvalue weighted by molar-refractivity contribution is 5.16. The van der Waals surface area contributed by atoms with Gasteiger partial charge in [-0.05, 0) is 98.7 Å². The predicted molar refractivity (Wildman–Crippen MR) is 121 cm³/mol. The van der Waals surface area contributed by atoms with Crippen LogP contribution in [0.15, 0.2) is 0 Å². The first kappa shape index (κ1) is 22.3. The fraction of sp³-hybridized carbons (Fsp3) is 1.00. The Hall–Kier alpha value is -0.200. The van der Waals surface area contributed by atoms with E-state index in [1.54, 1.807) is 0 Å². The van der Waals surface area contributed by atoms with Crippen LogP contribution in [-0.4, -0.2) is 51.6 Å². The van der Waals surface area contributed by atoms with E-state index < -0.39 is 11.4 Å². The molecule has 0 bridgehead atoms. The van der Waals surface area contributed by atoms with Crippen LogP contribution in [-0.2, 0) is 9.47 Å². The van der Waals surface area contributed by atoms with Gasteiger partial charge in [0, 0.05) is 12.3 Å². The molecule has 0 aromatic rings. The van der Waals surface area contributed by atoms with E-state index in [0.29, 0.717) is 48.5 Å². The van der Waals surface area contributed by atoms with Gasteiger partial charge in [-0.1, -0.05) is 20.8 Å². The van der Waals surface area contributed by atoms with Gasteiger partial charge < -0.3 is 24.8 Å². The minimum Gasteiger partial charge on any atom is -0.393 e. The van der Waals surface area contributed by atoms with Crippen LogP contribution in [0.3, 0.4) is 0 Å². The van der Waals surface area contributed by atoms with Gasteiger partial charge in [-0.15, -0.1) is 0 Å². The standard InChI is InChI=1S/C27H44O5/c1-15-23-21(32-27(15)10-9-24(2,30)14-31-27)13-20-18-6-5-16-11-17(28)12-22(29)26(16,4)19(18)7-8-25(20,23)3/h15-23,28-30H,5-14H2,1-4H3. The van der Waals surface area contributed by atoms with Crippen molar-refractivity contribution < 1.29 is 24.8 Å². The molecule has 5 heteroatoms. The lowest BCUT2D eigenvalue weighted by Gasteiger charge is -2.62. The summed E-state index contributed by atoms with van der Waals surface area (Å²) in [7, 11) is 0. The second kappa shape index (κ2) is 6.94. The molecule has 3 N–H and O–H groups in total.